The molecule has 0 saturated carbocycles. The lowest BCUT2D eigenvalue weighted by Crippen LogP contribution is -2.18. The molecular formula is C13H4Cl3F6N. The molecule has 0 aliphatic heterocycles. The van der Waals surface area contributed by atoms with Crippen LogP contribution in [0.1, 0.15) is 11.3 Å². The summed E-state index contributed by atoms with van der Waals surface area (Å²) >= 11 is 17.3. The van der Waals surface area contributed by atoms with Crippen LogP contribution in [-0.4, -0.2) is 4.98 Å². The van der Waals surface area contributed by atoms with E-state index < -0.39 is 23.6 Å². The van der Waals surface area contributed by atoms with E-state index in [1.807, 2.05) is 0 Å². The fraction of sp³-hybridized carbons (Fsp3) is 0.154. The summed E-state index contributed by atoms with van der Waals surface area (Å²) < 4.78 is 76.7. The SMILES string of the molecule is FC(F)(F)c1cc(-c2cc(Cl)c(Cl)cc2Cl)cnc1C(F)(F)F. The molecule has 0 unspecified atom stereocenters. The third-order valence-corrected chi connectivity index (χ3v) is 3.82. The monoisotopic (exact) mass is 393 g/mol. The van der Waals surface area contributed by atoms with Crippen molar-refractivity contribution in [1.82, 2.24) is 4.98 Å². The van der Waals surface area contributed by atoms with E-state index in [2.05, 4.69) is 4.98 Å². The molecule has 124 valence electrons. The van der Waals surface area contributed by atoms with Crippen LogP contribution in [-0.2, 0) is 12.4 Å². The van der Waals surface area contributed by atoms with Gasteiger partial charge in [0.1, 0.15) is 0 Å². The normalized spacial score (nSPS) is 12.6. The number of nitrogens with zero attached hydrogens (tertiary/aromatic N) is 1. The van der Waals surface area contributed by atoms with Crippen LogP contribution in [0.5, 0.6) is 0 Å². The van der Waals surface area contributed by atoms with Crippen molar-refractivity contribution in [2.75, 3.05) is 0 Å². The highest BCUT2D eigenvalue weighted by molar-refractivity contribution is 6.44. The summed E-state index contributed by atoms with van der Waals surface area (Å²) in [5.41, 5.74) is -4.23. The van der Waals surface area contributed by atoms with Crippen LogP contribution in [0.3, 0.4) is 0 Å². The summed E-state index contributed by atoms with van der Waals surface area (Å²) in [7, 11) is 0. The standard InChI is InChI=1S/C13H4Cl3F6N/c14-8-3-10(16)9(15)2-6(8)5-1-7(12(17,18)19)11(23-4-5)13(20,21)22/h1-4H. The van der Waals surface area contributed by atoms with Crippen molar-refractivity contribution in [1.29, 1.82) is 0 Å². The maximum absolute atomic E-state index is 12.9. The second kappa shape index (κ2) is 6.03. The van der Waals surface area contributed by atoms with Gasteiger partial charge in [-0.25, -0.2) is 0 Å². The first kappa shape index (κ1) is 18.2. The quantitative estimate of drug-likeness (QED) is 0.385. The van der Waals surface area contributed by atoms with Crippen molar-refractivity contribution in [3.8, 4) is 11.1 Å². The Kier molecular flexibility index (Phi) is 4.76. The molecule has 0 aliphatic carbocycles. The third kappa shape index (κ3) is 3.84. The minimum absolute atomic E-state index is 0.0143. The molecule has 0 fully saturated rings. The third-order valence-electron chi connectivity index (χ3n) is 2.78. The van der Waals surface area contributed by atoms with Gasteiger partial charge in [-0.3, -0.25) is 4.98 Å². The molecule has 2 rings (SSSR count). The van der Waals surface area contributed by atoms with Gasteiger partial charge in [-0.05, 0) is 18.2 Å². The number of benzene rings is 1. The average Bonchev–Trinajstić information content (AvgIpc) is 2.40. The van der Waals surface area contributed by atoms with Crippen molar-refractivity contribution < 1.29 is 26.3 Å². The van der Waals surface area contributed by atoms with Gasteiger partial charge >= 0.3 is 12.4 Å². The largest absolute Gasteiger partial charge is 0.433 e. The zero-order valence-electron chi connectivity index (χ0n) is 10.7. The highest BCUT2D eigenvalue weighted by Crippen LogP contribution is 2.42. The lowest BCUT2D eigenvalue weighted by molar-refractivity contribution is -0.164. The Morgan fingerprint density at radius 1 is 0.739 bits per heavy atom. The molecule has 1 nitrogen and oxygen atoms in total. The van der Waals surface area contributed by atoms with Gasteiger partial charge < -0.3 is 0 Å². The molecule has 1 heterocycles. The van der Waals surface area contributed by atoms with Crippen molar-refractivity contribution in [3.05, 3.63) is 50.7 Å². The maximum atomic E-state index is 12.9. The maximum Gasteiger partial charge on any atom is 0.433 e. The second-order valence-electron chi connectivity index (χ2n) is 4.36. The predicted octanol–water partition coefficient (Wildman–Crippen LogP) is 6.75. The summed E-state index contributed by atoms with van der Waals surface area (Å²) in [4.78, 5) is 2.91. The van der Waals surface area contributed by atoms with Gasteiger partial charge in [0.15, 0.2) is 5.69 Å². The van der Waals surface area contributed by atoms with Gasteiger partial charge in [-0.1, -0.05) is 34.8 Å². The fourth-order valence-corrected chi connectivity index (χ4v) is 2.45. The lowest BCUT2D eigenvalue weighted by Gasteiger charge is -2.16. The van der Waals surface area contributed by atoms with Gasteiger partial charge in [0.05, 0.1) is 20.6 Å². The number of rotatable bonds is 1. The van der Waals surface area contributed by atoms with Crippen LogP contribution < -0.4 is 0 Å². The van der Waals surface area contributed by atoms with Crippen LogP contribution in [0.2, 0.25) is 15.1 Å². The van der Waals surface area contributed by atoms with Crippen LogP contribution in [0.25, 0.3) is 11.1 Å². The number of halogens is 9. The van der Waals surface area contributed by atoms with Gasteiger partial charge in [0.2, 0.25) is 0 Å². The second-order valence-corrected chi connectivity index (χ2v) is 5.58. The molecule has 0 radical (unpaired) electrons. The fourth-order valence-electron chi connectivity index (χ4n) is 1.80. The topological polar surface area (TPSA) is 12.9 Å². The minimum Gasteiger partial charge on any atom is -0.251 e. The molecule has 2 aromatic rings. The number of pyridine rings is 1. The van der Waals surface area contributed by atoms with Crippen LogP contribution in [0, 0.1) is 0 Å². The summed E-state index contributed by atoms with van der Waals surface area (Å²) in [5.74, 6) is 0. The van der Waals surface area contributed by atoms with Crippen molar-refractivity contribution >= 4 is 34.8 Å². The van der Waals surface area contributed by atoms with Gasteiger partial charge in [-0.15, -0.1) is 0 Å². The number of hydrogen-bond acceptors (Lipinski definition) is 1. The summed E-state index contributed by atoms with van der Waals surface area (Å²) in [6, 6.07) is 2.64. The first-order valence-corrected chi connectivity index (χ1v) is 6.84. The van der Waals surface area contributed by atoms with Crippen LogP contribution in [0.4, 0.5) is 26.3 Å². The summed E-state index contributed by atoms with van der Waals surface area (Å²) in [6.45, 7) is 0. The van der Waals surface area contributed by atoms with Gasteiger partial charge in [-0.2, -0.15) is 26.3 Å². The Morgan fingerprint density at radius 3 is 1.83 bits per heavy atom. The first-order valence-electron chi connectivity index (χ1n) is 5.70. The smallest absolute Gasteiger partial charge is 0.251 e. The van der Waals surface area contributed by atoms with E-state index in [1.165, 1.54) is 6.07 Å². The number of alkyl halides is 6. The Bertz CT molecular complexity index is 755. The van der Waals surface area contributed by atoms with E-state index in [9.17, 15) is 26.3 Å². The van der Waals surface area contributed by atoms with Crippen molar-refractivity contribution in [2.45, 2.75) is 12.4 Å². The van der Waals surface area contributed by atoms with Gasteiger partial charge in [0.25, 0.3) is 0 Å². The molecule has 0 N–H and O–H groups in total. The Labute approximate surface area is 140 Å². The first-order chi connectivity index (χ1) is 10.4. The van der Waals surface area contributed by atoms with Gasteiger partial charge in [0, 0.05) is 17.3 Å². The number of hydrogen-bond donors (Lipinski definition) is 0. The van der Waals surface area contributed by atoms with Crippen LogP contribution >= 0.6 is 34.8 Å². The zero-order valence-corrected chi connectivity index (χ0v) is 12.9. The van der Waals surface area contributed by atoms with E-state index in [4.69, 9.17) is 34.8 Å². The van der Waals surface area contributed by atoms with Crippen LogP contribution in [0.15, 0.2) is 24.4 Å². The number of aromatic nitrogens is 1. The van der Waals surface area contributed by atoms with E-state index in [0.717, 1.165) is 6.07 Å². The highest BCUT2D eigenvalue weighted by Gasteiger charge is 2.44. The zero-order chi connectivity index (χ0) is 17.6. The molecule has 0 bridgehead atoms. The predicted molar refractivity (Wildman–Crippen MR) is 74.7 cm³/mol. The average molecular weight is 395 g/mol. The lowest BCUT2D eigenvalue weighted by atomic mass is 10.0. The molecule has 0 saturated heterocycles. The highest BCUT2D eigenvalue weighted by atomic mass is 35.5. The molecule has 0 aliphatic rings. The molecule has 1 aromatic heterocycles. The molecule has 10 heteroatoms. The summed E-state index contributed by atoms with van der Waals surface area (Å²) in [6.07, 6.45) is -9.84. The Balaban J connectivity index is 2.70. The molecular weight excluding hydrogens is 390 g/mol. The molecule has 0 spiro atoms. The summed E-state index contributed by atoms with van der Waals surface area (Å²) in [5, 5.41) is -0.0371. The molecule has 0 atom stereocenters. The Hall–Kier alpha value is -1.18. The molecule has 1 aromatic carbocycles. The van der Waals surface area contributed by atoms with E-state index in [-0.39, 0.29) is 26.2 Å². The van der Waals surface area contributed by atoms with Crippen molar-refractivity contribution in [3.63, 3.8) is 0 Å². The van der Waals surface area contributed by atoms with Crippen molar-refractivity contribution in [2.24, 2.45) is 0 Å². The molecule has 0 amide bonds. The Morgan fingerprint density at radius 2 is 1.30 bits per heavy atom. The van der Waals surface area contributed by atoms with E-state index in [0.29, 0.717) is 12.3 Å². The van der Waals surface area contributed by atoms with E-state index in [1.54, 1.807) is 0 Å². The minimum atomic E-state index is -5.25. The molecule has 23 heavy (non-hydrogen) atoms. The van der Waals surface area contributed by atoms with E-state index >= 15 is 0 Å².